The van der Waals surface area contributed by atoms with Gasteiger partial charge >= 0.3 is 36.6 Å². The molecular formula is C62H114N8O12. The SMILES string of the molecule is CC(C)(C)OC(=O)NCCCCN(CCCCN(CCCCNCc1cccc(CNCCCCN(CCCC(N(CCCCNC(=O)OC(C)(C)C)C(=O)OC(C)(C)C)(C(C)(C)C)C(C)(C)C)C(=O)O)c1)C(=O)O)C(=O)OC(C)(C)C. The average Bonchev–Trinajstić information content (AvgIpc) is 3.52. The third-order valence-electron chi connectivity index (χ3n) is 13.5. The summed E-state index contributed by atoms with van der Waals surface area (Å²) in [4.78, 5) is 82.7. The standard InChI is InChI=1S/C62H114N8O12/c1-56(2,3)62(57(4,5)6,70(55(78)82-61(16,17)18)44-26-22-37-66-51(72)80-59(10,11)12)33-30-43-68(53(75)76)39-24-20-35-64-47-49-32-29-31-48(45-49)46-63-34-19-23-38-67(52(73)74)40-27-28-42-69(54(77)81-60(13,14)15)41-25-21-36-65-50(71)79-58(7,8)9/h29,31-32,45,63-64H,19-28,30,33-44,46-47H2,1-18H3,(H,65,71)(H,66,72)(H,73,74)(H,75,76). The van der Waals surface area contributed by atoms with Crippen LogP contribution in [0.5, 0.6) is 0 Å². The van der Waals surface area contributed by atoms with E-state index in [2.05, 4.69) is 81.0 Å². The Kier molecular flexibility index (Phi) is 32.0. The molecule has 0 unspecified atom stereocenters. The quantitative estimate of drug-likeness (QED) is 0.0278. The zero-order valence-corrected chi connectivity index (χ0v) is 54.3. The zero-order chi connectivity index (χ0) is 62.6. The number of hydrogen-bond acceptors (Lipinski definition) is 12. The molecule has 1 aromatic rings. The predicted octanol–water partition coefficient (Wildman–Crippen LogP) is 12.9. The van der Waals surface area contributed by atoms with Crippen LogP contribution in [0.1, 0.15) is 213 Å². The van der Waals surface area contributed by atoms with E-state index in [1.54, 1.807) is 25.7 Å². The summed E-state index contributed by atoms with van der Waals surface area (Å²) in [7, 11) is 0. The number of nitrogens with one attached hydrogen (secondary N) is 4. The van der Waals surface area contributed by atoms with Crippen molar-refractivity contribution in [2.24, 2.45) is 10.8 Å². The van der Waals surface area contributed by atoms with E-state index in [4.69, 9.17) is 18.9 Å². The summed E-state index contributed by atoms with van der Waals surface area (Å²) in [6.07, 6.45) is 4.10. The molecule has 474 valence electrons. The van der Waals surface area contributed by atoms with Gasteiger partial charge in [0.15, 0.2) is 0 Å². The highest BCUT2D eigenvalue weighted by Crippen LogP contribution is 2.52. The van der Waals surface area contributed by atoms with Crippen LogP contribution < -0.4 is 21.3 Å². The van der Waals surface area contributed by atoms with Crippen molar-refractivity contribution < 1.29 is 57.9 Å². The topological polar surface area (TPSA) is 241 Å². The van der Waals surface area contributed by atoms with Crippen LogP contribution in [-0.2, 0) is 32.0 Å². The molecule has 0 radical (unpaired) electrons. The molecule has 82 heavy (non-hydrogen) atoms. The number of rotatable bonds is 34. The van der Waals surface area contributed by atoms with Crippen molar-refractivity contribution >= 4 is 36.6 Å². The van der Waals surface area contributed by atoms with Crippen molar-refractivity contribution in [1.29, 1.82) is 0 Å². The number of ether oxygens (including phenoxy) is 4. The fraction of sp³-hybridized carbons (Fsp3) is 0.806. The van der Waals surface area contributed by atoms with Crippen LogP contribution in [0.2, 0.25) is 0 Å². The van der Waals surface area contributed by atoms with E-state index in [1.165, 1.54) is 9.80 Å². The second-order valence-electron chi connectivity index (χ2n) is 27.7. The lowest BCUT2D eigenvalue weighted by Crippen LogP contribution is -2.67. The molecule has 6 N–H and O–H groups in total. The van der Waals surface area contributed by atoms with Gasteiger partial charge < -0.3 is 70.0 Å². The van der Waals surface area contributed by atoms with Gasteiger partial charge in [-0.1, -0.05) is 65.8 Å². The van der Waals surface area contributed by atoms with Crippen LogP contribution >= 0.6 is 0 Å². The summed E-state index contributed by atoms with van der Waals surface area (Å²) in [5.74, 6) is 0. The fourth-order valence-electron chi connectivity index (χ4n) is 10.2. The molecule has 0 aliphatic carbocycles. The highest BCUT2D eigenvalue weighted by Gasteiger charge is 2.56. The Hall–Kier alpha value is -5.24. The minimum Gasteiger partial charge on any atom is -0.465 e. The minimum absolute atomic E-state index is 0.322. The Morgan fingerprint density at radius 2 is 0.744 bits per heavy atom. The molecule has 0 aromatic heterocycles. The second-order valence-corrected chi connectivity index (χ2v) is 27.7. The lowest BCUT2D eigenvalue weighted by atomic mass is 9.57. The highest BCUT2D eigenvalue weighted by molar-refractivity contribution is 5.70. The van der Waals surface area contributed by atoms with E-state index in [0.29, 0.717) is 136 Å². The van der Waals surface area contributed by atoms with Gasteiger partial charge in [-0.25, -0.2) is 28.8 Å². The number of hydrogen-bond donors (Lipinski definition) is 6. The number of amides is 6. The smallest absolute Gasteiger partial charge is 0.410 e. The van der Waals surface area contributed by atoms with Crippen LogP contribution in [0.25, 0.3) is 0 Å². The van der Waals surface area contributed by atoms with Gasteiger partial charge in [0.25, 0.3) is 0 Å². The molecule has 1 rings (SSSR count). The van der Waals surface area contributed by atoms with E-state index in [0.717, 1.165) is 37.1 Å². The molecule has 0 aliphatic heterocycles. The third-order valence-corrected chi connectivity index (χ3v) is 13.5. The van der Waals surface area contributed by atoms with E-state index >= 15 is 0 Å². The zero-order valence-electron chi connectivity index (χ0n) is 54.3. The first-order valence-electron chi connectivity index (χ1n) is 30.1. The molecule has 1 aromatic carbocycles. The lowest BCUT2D eigenvalue weighted by molar-refractivity contribution is -0.0977. The molecule has 0 fully saturated rings. The molecule has 0 heterocycles. The van der Waals surface area contributed by atoms with Crippen LogP contribution in [0.15, 0.2) is 24.3 Å². The predicted molar refractivity (Wildman–Crippen MR) is 325 cm³/mol. The second kappa shape index (κ2) is 35.1. The molecule has 0 aliphatic rings. The number of unbranched alkanes of at least 4 members (excludes halogenated alkanes) is 5. The maximum atomic E-state index is 14.3. The minimum atomic E-state index is -0.968. The van der Waals surface area contributed by atoms with Gasteiger partial charge in [-0.05, 0) is 195 Å². The van der Waals surface area contributed by atoms with Crippen molar-refractivity contribution in [3.8, 4) is 0 Å². The van der Waals surface area contributed by atoms with E-state index in [9.17, 15) is 39.0 Å². The van der Waals surface area contributed by atoms with E-state index in [-0.39, 0.29) is 0 Å². The fourth-order valence-corrected chi connectivity index (χ4v) is 10.2. The molecule has 6 amide bonds. The largest absolute Gasteiger partial charge is 0.465 e. The molecule has 0 saturated carbocycles. The molecule has 0 atom stereocenters. The number of benzene rings is 1. The number of carboxylic acid groups (broad SMARTS) is 2. The summed E-state index contributed by atoms with van der Waals surface area (Å²) in [6.45, 7) is 41.1. The van der Waals surface area contributed by atoms with Gasteiger partial charge in [-0.2, -0.15) is 0 Å². The lowest BCUT2D eigenvalue weighted by Gasteiger charge is -2.59. The Labute approximate surface area is 494 Å². The van der Waals surface area contributed by atoms with Gasteiger partial charge in [0, 0.05) is 72.0 Å². The average molecular weight is 1160 g/mol. The number of nitrogens with zero attached hydrogens (tertiary/aromatic N) is 4. The first kappa shape index (κ1) is 74.8. The molecule has 20 nitrogen and oxygen atoms in total. The first-order valence-corrected chi connectivity index (χ1v) is 30.1. The van der Waals surface area contributed by atoms with Crippen molar-refractivity contribution in [3.63, 3.8) is 0 Å². The highest BCUT2D eigenvalue weighted by atomic mass is 16.6. The summed E-state index contributed by atoms with van der Waals surface area (Å²) in [6, 6.07) is 8.36. The number of alkyl carbamates (subject to hydrolysis) is 2. The molecule has 0 saturated heterocycles. The summed E-state index contributed by atoms with van der Waals surface area (Å²) in [5.41, 5.74) is -1.89. The maximum absolute atomic E-state index is 14.3. The monoisotopic (exact) mass is 1160 g/mol. The van der Waals surface area contributed by atoms with Gasteiger partial charge in [0.1, 0.15) is 22.4 Å². The van der Waals surface area contributed by atoms with Crippen molar-refractivity contribution in [3.05, 3.63) is 35.4 Å². The normalized spacial score (nSPS) is 12.5. The van der Waals surface area contributed by atoms with Crippen LogP contribution in [0.4, 0.5) is 28.8 Å². The van der Waals surface area contributed by atoms with Crippen LogP contribution in [-0.4, -0.2) is 166 Å². The third kappa shape index (κ3) is 32.0. The summed E-state index contributed by atoms with van der Waals surface area (Å²) < 4.78 is 22.4. The van der Waals surface area contributed by atoms with Gasteiger partial charge in [-0.15, -0.1) is 0 Å². The summed E-state index contributed by atoms with van der Waals surface area (Å²) >= 11 is 0. The summed E-state index contributed by atoms with van der Waals surface area (Å²) in [5, 5.41) is 32.8. The van der Waals surface area contributed by atoms with Crippen LogP contribution in [0.3, 0.4) is 0 Å². The van der Waals surface area contributed by atoms with E-state index < -0.39 is 75.3 Å². The molecule has 0 bridgehead atoms. The van der Waals surface area contributed by atoms with Crippen molar-refractivity contribution in [2.75, 3.05) is 72.0 Å². The van der Waals surface area contributed by atoms with Crippen molar-refractivity contribution in [1.82, 2.24) is 40.9 Å². The molecule has 0 spiro atoms. The number of carbonyl (C=O) groups is 6. The maximum Gasteiger partial charge on any atom is 0.410 e. The number of carbonyl (C=O) groups excluding carboxylic acids is 4. The Bertz CT molecular complexity index is 2050. The van der Waals surface area contributed by atoms with Crippen LogP contribution in [0, 0.1) is 10.8 Å². The molecule has 20 heteroatoms. The van der Waals surface area contributed by atoms with Gasteiger partial charge in [0.05, 0.1) is 5.54 Å². The Morgan fingerprint density at radius 1 is 0.415 bits per heavy atom. The van der Waals surface area contributed by atoms with E-state index in [1.807, 2.05) is 73.3 Å². The van der Waals surface area contributed by atoms with Gasteiger partial charge in [-0.3, -0.25) is 0 Å². The first-order chi connectivity index (χ1) is 37.8. The van der Waals surface area contributed by atoms with Gasteiger partial charge in [0.2, 0.25) is 0 Å². The Morgan fingerprint density at radius 3 is 1.11 bits per heavy atom. The van der Waals surface area contributed by atoms with Crippen molar-refractivity contribution in [2.45, 2.75) is 243 Å². The molecular weight excluding hydrogens is 1050 g/mol. The Balaban J connectivity index is 2.68.